The van der Waals surface area contributed by atoms with Crippen molar-refractivity contribution in [2.24, 2.45) is 5.41 Å². The Balaban J connectivity index is 1.88. The predicted octanol–water partition coefficient (Wildman–Crippen LogP) is 8.25. The summed E-state index contributed by atoms with van der Waals surface area (Å²) in [6.07, 6.45) is 4.67. The second kappa shape index (κ2) is 15.4. The standard InChI is InChI=1S/C36H52O6/c1-11-23-34(5,6)32(37)21-22-33(38)41-26(3)24-39-30-17-13-28(14-18-30)36(9,10)29-15-19-31(20-16-29)40-25-27(4)42-35(7,8)12-2/h13-22,26-27H,11-12,23-25H2,1-10H3/b22-21+. The van der Waals surface area contributed by atoms with Crippen LogP contribution < -0.4 is 9.47 Å². The van der Waals surface area contributed by atoms with Crippen LogP contribution in [0.15, 0.2) is 60.7 Å². The van der Waals surface area contributed by atoms with E-state index >= 15 is 0 Å². The van der Waals surface area contributed by atoms with Crippen LogP contribution in [0.25, 0.3) is 0 Å². The zero-order chi connectivity index (χ0) is 31.6. The number of ether oxygens (including phenoxy) is 4. The van der Waals surface area contributed by atoms with E-state index in [1.807, 2.05) is 52.0 Å². The minimum Gasteiger partial charge on any atom is -0.491 e. The molecule has 0 aliphatic carbocycles. The quantitative estimate of drug-likeness (QED) is 0.139. The van der Waals surface area contributed by atoms with Gasteiger partial charge in [0.05, 0.1) is 11.7 Å². The van der Waals surface area contributed by atoms with Gasteiger partial charge in [0.25, 0.3) is 0 Å². The zero-order valence-corrected chi connectivity index (χ0v) is 27.4. The molecule has 2 aromatic carbocycles. The summed E-state index contributed by atoms with van der Waals surface area (Å²) >= 11 is 0. The van der Waals surface area contributed by atoms with Crippen LogP contribution in [0.2, 0.25) is 0 Å². The molecule has 6 heteroatoms. The monoisotopic (exact) mass is 580 g/mol. The maximum atomic E-state index is 12.3. The van der Waals surface area contributed by atoms with Gasteiger partial charge in [-0.25, -0.2) is 4.79 Å². The van der Waals surface area contributed by atoms with E-state index in [-0.39, 0.29) is 29.5 Å². The van der Waals surface area contributed by atoms with Crippen molar-refractivity contribution in [1.29, 1.82) is 0 Å². The average molecular weight is 581 g/mol. The van der Waals surface area contributed by atoms with Gasteiger partial charge in [0.1, 0.15) is 30.8 Å². The molecular weight excluding hydrogens is 528 g/mol. The van der Waals surface area contributed by atoms with Gasteiger partial charge >= 0.3 is 5.97 Å². The van der Waals surface area contributed by atoms with Gasteiger partial charge in [-0.15, -0.1) is 0 Å². The van der Waals surface area contributed by atoms with Gasteiger partial charge in [0, 0.05) is 16.9 Å². The molecule has 2 atom stereocenters. The topological polar surface area (TPSA) is 71.1 Å². The second-order valence-electron chi connectivity index (χ2n) is 12.9. The molecule has 0 fully saturated rings. The lowest BCUT2D eigenvalue weighted by Gasteiger charge is -2.28. The first kappa shape index (κ1) is 35.1. The van der Waals surface area contributed by atoms with Crippen LogP contribution in [0.5, 0.6) is 11.5 Å². The smallest absolute Gasteiger partial charge is 0.331 e. The lowest BCUT2D eigenvalue weighted by Crippen LogP contribution is -2.31. The van der Waals surface area contributed by atoms with Gasteiger partial charge in [-0.1, -0.05) is 72.2 Å². The number of carbonyl (C=O) groups is 2. The largest absolute Gasteiger partial charge is 0.491 e. The van der Waals surface area contributed by atoms with Crippen LogP contribution in [0.4, 0.5) is 0 Å². The zero-order valence-electron chi connectivity index (χ0n) is 27.4. The molecule has 0 saturated heterocycles. The van der Waals surface area contributed by atoms with E-state index in [4.69, 9.17) is 18.9 Å². The number of hydrogen-bond acceptors (Lipinski definition) is 6. The summed E-state index contributed by atoms with van der Waals surface area (Å²) in [4.78, 5) is 24.5. The van der Waals surface area contributed by atoms with Crippen molar-refractivity contribution in [3.05, 3.63) is 71.8 Å². The van der Waals surface area contributed by atoms with Crippen LogP contribution in [-0.2, 0) is 24.5 Å². The summed E-state index contributed by atoms with van der Waals surface area (Å²) < 4.78 is 23.3. The third-order valence-electron chi connectivity index (χ3n) is 7.72. The van der Waals surface area contributed by atoms with E-state index in [0.717, 1.165) is 30.6 Å². The molecule has 0 radical (unpaired) electrons. The maximum Gasteiger partial charge on any atom is 0.331 e. The number of benzene rings is 2. The van der Waals surface area contributed by atoms with Crippen molar-refractivity contribution in [2.45, 2.75) is 112 Å². The Kier molecular flexibility index (Phi) is 12.8. The molecule has 0 aliphatic heterocycles. The number of ketones is 1. The van der Waals surface area contributed by atoms with Crippen LogP contribution >= 0.6 is 0 Å². The molecule has 0 aliphatic rings. The molecule has 0 aromatic heterocycles. The van der Waals surface area contributed by atoms with Crippen molar-refractivity contribution < 1.29 is 28.5 Å². The number of carbonyl (C=O) groups excluding carboxylic acids is 2. The van der Waals surface area contributed by atoms with E-state index in [1.54, 1.807) is 6.92 Å². The Morgan fingerprint density at radius 3 is 1.67 bits per heavy atom. The van der Waals surface area contributed by atoms with E-state index in [0.29, 0.717) is 12.4 Å². The van der Waals surface area contributed by atoms with Crippen molar-refractivity contribution in [3.8, 4) is 11.5 Å². The fourth-order valence-corrected chi connectivity index (χ4v) is 4.58. The number of hydrogen-bond donors (Lipinski definition) is 0. The lowest BCUT2D eigenvalue weighted by molar-refractivity contribution is -0.143. The molecule has 0 N–H and O–H groups in total. The summed E-state index contributed by atoms with van der Waals surface area (Å²) in [5, 5.41) is 0. The highest BCUT2D eigenvalue weighted by Gasteiger charge is 2.25. The van der Waals surface area contributed by atoms with E-state index in [9.17, 15) is 9.59 Å². The third kappa shape index (κ3) is 10.9. The molecule has 0 heterocycles. The summed E-state index contributed by atoms with van der Waals surface area (Å²) in [6.45, 7) is 21.0. The van der Waals surface area contributed by atoms with Crippen LogP contribution in [0.3, 0.4) is 0 Å². The van der Waals surface area contributed by atoms with Crippen molar-refractivity contribution >= 4 is 11.8 Å². The molecule has 2 aromatic rings. The highest BCUT2D eigenvalue weighted by Crippen LogP contribution is 2.33. The number of rotatable bonds is 17. The number of esters is 1. The highest BCUT2D eigenvalue weighted by molar-refractivity contribution is 5.98. The molecule has 0 bridgehead atoms. The summed E-state index contributed by atoms with van der Waals surface area (Å²) in [6, 6.07) is 16.2. The molecule has 0 saturated carbocycles. The Morgan fingerprint density at radius 2 is 1.21 bits per heavy atom. The van der Waals surface area contributed by atoms with Gasteiger partial charge < -0.3 is 18.9 Å². The fourth-order valence-electron chi connectivity index (χ4n) is 4.58. The normalized spacial score (nSPS) is 14.0. The van der Waals surface area contributed by atoms with E-state index < -0.39 is 17.5 Å². The second-order valence-corrected chi connectivity index (χ2v) is 12.9. The van der Waals surface area contributed by atoms with Crippen molar-refractivity contribution in [2.75, 3.05) is 13.2 Å². The Hall–Kier alpha value is -3.12. The highest BCUT2D eigenvalue weighted by atomic mass is 16.6. The van der Waals surface area contributed by atoms with E-state index in [1.165, 1.54) is 17.7 Å². The molecule has 6 nitrogen and oxygen atoms in total. The van der Waals surface area contributed by atoms with Gasteiger partial charge in [0.2, 0.25) is 0 Å². The average Bonchev–Trinajstić information content (AvgIpc) is 2.94. The molecule has 232 valence electrons. The number of allylic oxidation sites excluding steroid dienone is 1. The van der Waals surface area contributed by atoms with Gasteiger partial charge in [0.15, 0.2) is 5.78 Å². The Bertz CT molecular complexity index is 1160. The van der Waals surface area contributed by atoms with E-state index in [2.05, 4.69) is 58.9 Å². The van der Waals surface area contributed by atoms with Crippen LogP contribution in [0, 0.1) is 5.41 Å². The summed E-state index contributed by atoms with van der Waals surface area (Å²) in [5.74, 6) is 0.879. The minimum atomic E-state index is -0.552. The first-order chi connectivity index (χ1) is 19.6. The maximum absolute atomic E-state index is 12.3. The molecule has 42 heavy (non-hydrogen) atoms. The first-order valence-electron chi connectivity index (χ1n) is 15.2. The fraction of sp³-hybridized carbons (Fsp3) is 0.556. The van der Waals surface area contributed by atoms with Gasteiger partial charge in [-0.3, -0.25) is 4.79 Å². The molecule has 0 amide bonds. The minimum absolute atomic E-state index is 0.00214. The van der Waals surface area contributed by atoms with Crippen molar-refractivity contribution in [1.82, 2.24) is 0 Å². The van der Waals surface area contributed by atoms with Crippen LogP contribution in [-0.4, -0.2) is 42.8 Å². The third-order valence-corrected chi connectivity index (χ3v) is 7.72. The molecular formula is C36H52O6. The SMILES string of the molecule is CCCC(C)(C)C(=O)/C=C/C(=O)OC(C)COc1ccc(C(C)(C)c2ccc(OCC(C)OC(C)(C)CC)cc2)cc1. The summed E-state index contributed by atoms with van der Waals surface area (Å²) in [5.41, 5.74) is 1.45. The molecule has 0 spiro atoms. The molecule has 2 rings (SSSR count). The van der Waals surface area contributed by atoms with Crippen molar-refractivity contribution in [3.63, 3.8) is 0 Å². The van der Waals surface area contributed by atoms with Gasteiger partial charge in [-0.2, -0.15) is 0 Å². The Morgan fingerprint density at radius 1 is 0.738 bits per heavy atom. The van der Waals surface area contributed by atoms with Gasteiger partial charge in [-0.05, 0) is 82.0 Å². The Labute approximate surface area is 253 Å². The first-order valence-corrected chi connectivity index (χ1v) is 15.2. The summed E-state index contributed by atoms with van der Waals surface area (Å²) in [7, 11) is 0. The predicted molar refractivity (Wildman–Crippen MR) is 169 cm³/mol. The lowest BCUT2D eigenvalue weighted by atomic mass is 9.78. The molecule has 2 unspecified atom stereocenters. The van der Waals surface area contributed by atoms with Crippen LogP contribution in [0.1, 0.15) is 99.6 Å².